The second-order valence-corrected chi connectivity index (χ2v) is 9.07. The molecule has 0 spiro atoms. The first-order valence-corrected chi connectivity index (χ1v) is 9.34. The lowest BCUT2D eigenvalue weighted by atomic mass is 9.94. The Morgan fingerprint density at radius 2 is 1.79 bits per heavy atom. The molecule has 1 aliphatic rings. The van der Waals surface area contributed by atoms with Crippen molar-refractivity contribution in [1.29, 1.82) is 0 Å². The smallest absolute Gasteiger partial charge is 0.212 e. The van der Waals surface area contributed by atoms with E-state index in [0.29, 0.717) is 30.5 Å². The Morgan fingerprint density at radius 3 is 2.42 bits per heavy atom. The van der Waals surface area contributed by atoms with Gasteiger partial charge in [-0.05, 0) is 19.1 Å². The normalized spacial score (nSPS) is 16.0. The molecule has 0 N–H and O–H groups in total. The lowest BCUT2D eigenvalue weighted by molar-refractivity contribution is 0.171. The summed E-state index contributed by atoms with van der Waals surface area (Å²) in [5.74, 6) is 1.84. The van der Waals surface area contributed by atoms with E-state index in [4.69, 9.17) is 13.9 Å². The van der Waals surface area contributed by atoms with Gasteiger partial charge < -0.3 is 13.9 Å². The maximum absolute atomic E-state index is 12.9. The summed E-state index contributed by atoms with van der Waals surface area (Å²) in [6, 6.07) is 4.63. The first kappa shape index (κ1) is 16.8. The van der Waals surface area contributed by atoms with Gasteiger partial charge in [0.15, 0.2) is 21.3 Å². The number of hydrogen-bond donors (Lipinski definition) is 0. The van der Waals surface area contributed by atoms with E-state index in [-0.39, 0.29) is 16.2 Å². The molecule has 0 bridgehead atoms. The minimum absolute atomic E-state index is 0.162. The summed E-state index contributed by atoms with van der Waals surface area (Å²) in [5, 5.41) is -0.892. The molecule has 0 aliphatic carbocycles. The van der Waals surface area contributed by atoms with Crippen molar-refractivity contribution in [1.82, 2.24) is 4.98 Å². The Kier molecular flexibility index (Phi) is 4.07. The van der Waals surface area contributed by atoms with Crippen LogP contribution in [0.5, 0.6) is 11.5 Å². The SMILES string of the molecule is CC(c1ncc(C(C)(C)C)o1)S(=O)(=O)c1ccc2c(c1)OCCO2. The highest BCUT2D eigenvalue weighted by atomic mass is 32.2. The summed E-state index contributed by atoms with van der Waals surface area (Å²) in [7, 11) is -3.65. The van der Waals surface area contributed by atoms with Gasteiger partial charge in [-0.3, -0.25) is 0 Å². The topological polar surface area (TPSA) is 78.6 Å². The van der Waals surface area contributed by atoms with Crippen LogP contribution in [0.25, 0.3) is 0 Å². The van der Waals surface area contributed by atoms with Crippen LogP contribution in [-0.2, 0) is 15.3 Å². The van der Waals surface area contributed by atoms with Crippen LogP contribution < -0.4 is 9.47 Å². The quantitative estimate of drug-likeness (QED) is 0.844. The summed E-state index contributed by atoms with van der Waals surface area (Å²) in [5.41, 5.74) is -0.230. The maximum atomic E-state index is 12.9. The fourth-order valence-electron chi connectivity index (χ4n) is 2.36. The molecular weight excluding hydrogens is 330 g/mol. The fraction of sp³-hybridized carbons (Fsp3) is 0.471. The van der Waals surface area contributed by atoms with Crippen LogP contribution in [0.15, 0.2) is 33.7 Å². The molecule has 3 rings (SSSR count). The molecule has 7 heteroatoms. The minimum atomic E-state index is -3.65. The molecule has 130 valence electrons. The lowest BCUT2D eigenvalue weighted by Gasteiger charge is -2.19. The second-order valence-electron chi connectivity index (χ2n) is 6.81. The highest BCUT2D eigenvalue weighted by Crippen LogP contribution is 2.36. The Labute approximate surface area is 141 Å². The van der Waals surface area contributed by atoms with Gasteiger partial charge in [0.05, 0.1) is 11.1 Å². The van der Waals surface area contributed by atoms with E-state index in [1.165, 1.54) is 12.1 Å². The summed E-state index contributed by atoms with van der Waals surface area (Å²) in [6.45, 7) is 8.39. The summed E-state index contributed by atoms with van der Waals surface area (Å²) >= 11 is 0. The molecule has 1 unspecified atom stereocenters. The summed E-state index contributed by atoms with van der Waals surface area (Å²) in [6.07, 6.45) is 1.59. The third-order valence-electron chi connectivity index (χ3n) is 3.92. The number of aromatic nitrogens is 1. The number of nitrogens with zero attached hydrogens (tertiary/aromatic N) is 1. The Balaban J connectivity index is 1.94. The zero-order valence-corrected chi connectivity index (χ0v) is 15.0. The van der Waals surface area contributed by atoms with Crippen molar-refractivity contribution in [3.63, 3.8) is 0 Å². The molecule has 2 aromatic rings. The van der Waals surface area contributed by atoms with Crippen molar-refractivity contribution in [2.45, 2.75) is 43.3 Å². The largest absolute Gasteiger partial charge is 0.486 e. The predicted molar refractivity (Wildman–Crippen MR) is 88.2 cm³/mol. The number of benzene rings is 1. The fourth-order valence-corrected chi connectivity index (χ4v) is 3.67. The number of sulfone groups is 1. The zero-order valence-electron chi connectivity index (χ0n) is 14.2. The first-order chi connectivity index (χ1) is 11.2. The van der Waals surface area contributed by atoms with Crippen molar-refractivity contribution in [2.24, 2.45) is 0 Å². The van der Waals surface area contributed by atoms with E-state index in [1.807, 2.05) is 20.8 Å². The summed E-state index contributed by atoms with van der Waals surface area (Å²) < 4.78 is 42.3. The van der Waals surface area contributed by atoms with Crippen LogP contribution >= 0.6 is 0 Å². The molecule has 1 atom stereocenters. The van der Waals surface area contributed by atoms with Crippen molar-refractivity contribution in [2.75, 3.05) is 13.2 Å². The van der Waals surface area contributed by atoms with Gasteiger partial charge in [0.2, 0.25) is 5.89 Å². The molecule has 1 aromatic carbocycles. The standard InChI is InChI=1S/C17H21NO5S/c1-11(16-18-10-15(23-16)17(2,3)4)24(19,20)12-5-6-13-14(9-12)22-8-7-21-13/h5-6,9-11H,7-8H2,1-4H3. The molecule has 0 radical (unpaired) electrons. The molecule has 0 fully saturated rings. The summed E-state index contributed by atoms with van der Waals surface area (Å²) in [4.78, 5) is 4.32. The zero-order chi connectivity index (χ0) is 17.5. The van der Waals surface area contributed by atoms with Crippen LogP contribution in [-0.4, -0.2) is 26.6 Å². The van der Waals surface area contributed by atoms with Crippen LogP contribution in [0, 0.1) is 0 Å². The van der Waals surface area contributed by atoms with Crippen LogP contribution in [0.4, 0.5) is 0 Å². The van der Waals surface area contributed by atoms with Crippen molar-refractivity contribution in [3.8, 4) is 11.5 Å². The van der Waals surface area contributed by atoms with Gasteiger partial charge in [0.25, 0.3) is 0 Å². The monoisotopic (exact) mass is 351 g/mol. The average molecular weight is 351 g/mol. The third-order valence-corrected chi connectivity index (χ3v) is 5.96. The molecule has 0 saturated carbocycles. The van der Waals surface area contributed by atoms with Crippen LogP contribution in [0.1, 0.15) is 44.6 Å². The van der Waals surface area contributed by atoms with E-state index < -0.39 is 15.1 Å². The number of ether oxygens (including phenoxy) is 2. The number of oxazole rings is 1. The molecule has 0 amide bonds. The first-order valence-electron chi connectivity index (χ1n) is 7.79. The number of rotatable bonds is 3. The molecule has 24 heavy (non-hydrogen) atoms. The van der Waals surface area contributed by atoms with Gasteiger partial charge in [0.1, 0.15) is 24.2 Å². The number of hydrogen-bond acceptors (Lipinski definition) is 6. The van der Waals surface area contributed by atoms with Gasteiger partial charge in [-0.15, -0.1) is 0 Å². The van der Waals surface area contributed by atoms with Gasteiger partial charge in [-0.2, -0.15) is 0 Å². The Morgan fingerprint density at radius 1 is 1.12 bits per heavy atom. The predicted octanol–water partition coefficient (Wildman–Crippen LogP) is 3.28. The Hall–Kier alpha value is -2.02. The molecule has 1 aliphatic heterocycles. The van der Waals surface area contributed by atoms with Gasteiger partial charge in [-0.1, -0.05) is 20.8 Å². The van der Waals surface area contributed by atoms with E-state index in [2.05, 4.69) is 4.98 Å². The van der Waals surface area contributed by atoms with Gasteiger partial charge >= 0.3 is 0 Å². The molecule has 1 aromatic heterocycles. The average Bonchev–Trinajstić information content (AvgIpc) is 3.03. The van der Waals surface area contributed by atoms with E-state index >= 15 is 0 Å². The highest BCUT2D eigenvalue weighted by Gasteiger charge is 2.31. The molecule has 0 saturated heterocycles. The van der Waals surface area contributed by atoms with Crippen LogP contribution in [0.2, 0.25) is 0 Å². The maximum Gasteiger partial charge on any atom is 0.212 e. The van der Waals surface area contributed by atoms with Crippen molar-refractivity contribution < 1.29 is 22.3 Å². The minimum Gasteiger partial charge on any atom is -0.486 e. The molecular formula is C17H21NO5S. The number of fused-ring (bicyclic) bond motifs is 1. The molecule has 2 heterocycles. The van der Waals surface area contributed by atoms with Crippen molar-refractivity contribution in [3.05, 3.63) is 36.0 Å². The highest BCUT2D eigenvalue weighted by molar-refractivity contribution is 7.91. The lowest BCUT2D eigenvalue weighted by Crippen LogP contribution is -2.16. The van der Waals surface area contributed by atoms with E-state index in [9.17, 15) is 8.42 Å². The Bertz CT molecular complexity index is 848. The van der Waals surface area contributed by atoms with Crippen molar-refractivity contribution >= 4 is 9.84 Å². The molecule has 6 nitrogen and oxygen atoms in total. The van der Waals surface area contributed by atoms with Gasteiger partial charge in [0, 0.05) is 11.5 Å². The van der Waals surface area contributed by atoms with E-state index in [0.717, 1.165) is 0 Å². The van der Waals surface area contributed by atoms with Crippen LogP contribution in [0.3, 0.4) is 0 Å². The second kappa shape index (κ2) is 5.81. The third kappa shape index (κ3) is 3.00. The van der Waals surface area contributed by atoms with E-state index in [1.54, 1.807) is 19.2 Å². The van der Waals surface area contributed by atoms with Gasteiger partial charge in [-0.25, -0.2) is 13.4 Å².